The molecule has 1 fully saturated rings. The van der Waals surface area contributed by atoms with E-state index in [9.17, 15) is 4.79 Å². The van der Waals surface area contributed by atoms with Gasteiger partial charge < -0.3 is 9.47 Å². The third-order valence-corrected chi connectivity index (χ3v) is 3.09. The largest absolute Gasteiger partial charge is 0.383 e. The Labute approximate surface area is 108 Å². The first-order valence-electron chi connectivity index (χ1n) is 6.30. The maximum absolute atomic E-state index is 12.3. The molecule has 18 heavy (non-hydrogen) atoms. The van der Waals surface area contributed by atoms with E-state index in [2.05, 4.69) is 0 Å². The van der Waals surface area contributed by atoms with Crippen molar-refractivity contribution < 1.29 is 4.79 Å². The Kier molecular flexibility index (Phi) is 3.70. The smallest absolute Gasteiger partial charge is 0.186 e. The summed E-state index contributed by atoms with van der Waals surface area (Å²) >= 11 is 0. The molecule has 0 saturated heterocycles. The molecule has 0 unspecified atom stereocenters. The number of carbonyl (C=O) groups is 1. The summed E-state index contributed by atoms with van der Waals surface area (Å²) in [6.07, 6.45) is 10.8. The molecular formula is C15H20N2O. The van der Waals surface area contributed by atoms with Gasteiger partial charge in [-0.05, 0) is 37.0 Å². The molecule has 0 N–H and O–H groups in total. The Morgan fingerprint density at radius 1 is 1.28 bits per heavy atom. The van der Waals surface area contributed by atoms with Crippen LogP contribution in [0.15, 0.2) is 35.8 Å². The van der Waals surface area contributed by atoms with Gasteiger partial charge in [0.25, 0.3) is 0 Å². The molecule has 1 saturated carbocycles. The minimum atomic E-state index is 0.207. The first kappa shape index (κ1) is 12.7. The molecule has 1 aliphatic carbocycles. The molecule has 1 aliphatic rings. The minimum Gasteiger partial charge on any atom is -0.383 e. The molecule has 1 aromatic rings. The summed E-state index contributed by atoms with van der Waals surface area (Å²) in [7, 11) is 5.90. The quantitative estimate of drug-likeness (QED) is 0.747. The van der Waals surface area contributed by atoms with Crippen molar-refractivity contribution in [3.63, 3.8) is 0 Å². The van der Waals surface area contributed by atoms with Crippen LogP contribution in [0.1, 0.15) is 24.8 Å². The zero-order valence-corrected chi connectivity index (χ0v) is 11.3. The molecule has 0 radical (unpaired) electrons. The third kappa shape index (κ3) is 2.92. The van der Waals surface area contributed by atoms with Crippen molar-refractivity contribution in [1.82, 2.24) is 9.47 Å². The van der Waals surface area contributed by atoms with Crippen molar-refractivity contribution in [1.29, 1.82) is 0 Å². The molecule has 0 amide bonds. The number of hydrogen-bond donors (Lipinski definition) is 0. The third-order valence-electron chi connectivity index (χ3n) is 3.09. The number of ketones is 1. The van der Waals surface area contributed by atoms with E-state index in [1.807, 2.05) is 61.3 Å². The summed E-state index contributed by atoms with van der Waals surface area (Å²) in [4.78, 5) is 14.2. The van der Waals surface area contributed by atoms with Gasteiger partial charge in [0.05, 0.1) is 0 Å². The van der Waals surface area contributed by atoms with Gasteiger partial charge in [-0.25, -0.2) is 0 Å². The molecule has 0 aliphatic heterocycles. The standard InChI is InChI=1S/C15H20N2O/c1-16(2)11-14-6-4-5-13(15(14)18)9-12-7-8-17(3)10-12/h7-11H,4-6H2,1-3H3/b13-9+,14-11+. The van der Waals surface area contributed by atoms with Crippen molar-refractivity contribution >= 4 is 11.9 Å². The number of hydrogen-bond acceptors (Lipinski definition) is 2. The van der Waals surface area contributed by atoms with Gasteiger partial charge in [0.2, 0.25) is 0 Å². The van der Waals surface area contributed by atoms with E-state index in [-0.39, 0.29) is 5.78 Å². The average Bonchev–Trinajstić information content (AvgIpc) is 2.69. The first-order chi connectivity index (χ1) is 8.56. The number of rotatable bonds is 2. The second-order valence-electron chi connectivity index (χ2n) is 5.08. The van der Waals surface area contributed by atoms with E-state index < -0.39 is 0 Å². The second-order valence-corrected chi connectivity index (χ2v) is 5.08. The van der Waals surface area contributed by atoms with Gasteiger partial charge in [-0.15, -0.1) is 0 Å². The lowest BCUT2D eigenvalue weighted by molar-refractivity contribution is -0.113. The number of Topliss-reactive ketones (excluding diaryl/α,β-unsaturated/α-hetero) is 1. The lowest BCUT2D eigenvalue weighted by Crippen LogP contribution is -2.15. The lowest BCUT2D eigenvalue weighted by Gasteiger charge is -2.18. The van der Waals surface area contributed by atoms with Crippen LogP contribution in [0.2, 0.25) is 0 Å². The van der Waals surface area contributed by atoms with E-state index >= 15 is 0 Å². The highest BCUT2D eigenvalue weighted by Crippen LogP contribution is 2.26. The van der Waals surface area contributed by atoms with Gasteiger partial charge in [0, 0.05) is 50.9 Å². The predicted octanol–water partition coefficient (Wildman–Crippen LogP) is 2.61. The zero-order chi connectivity index (χ0) is 13.1. The Balaban J connectivity index is 2.24. The molecule has 0 spiro atoms. The first-order valence-corrected chi connectivity index (χ1v) is 6.30. The van der Waals surface area contributed by atoms with Gasteiger partial charge in [-0.2, -0.15) is 0 Å². The van der Waals surface area contributed by atoms with E-state index in [1.54, 1.807) is 0 Å². The maximum Gasteiger partial charge on any atom is 0.186 e. The maximum atomic E-state index is 12.3. The monoisotopic (exact) mass is 244 g/mol. The summed E-state index contributed by atoms with van der Waals surface area (Å²) < 4.78 is 2.00. The normalized spacial score (nSPS) is 20.7. The van der Waals surface area contributed by atoms with Crippen LogP contribution in [0.4, 0.5) is 0 Å². The molecule has 3 heteroatoms. The Bertz CT molecular complexity index is 506. The van der Waals surface area contributed by atoms with Crippen molar-refractivity contribution in [3.05, 3.63) is 41.4 Å². The van der Waals surface area contributed by atoms with Gasteiger partial charge in [0.15, 0.2) is 5.78 Å². The highest BCUT2D eigenvalue weighted by atomic mass is 16.1. The fraction of sp³-hybridized carbons (Fsp3) is 0.400. The van der Waals surface area contributed by atoms with Crippen molar-refractivity contribution in [2.24, 2.45) is 7.05 Å². The highest BCUT2D eigenvalue weighted by molar-refractivity contribution is 6.11. The Hall–Kier alpha value is -1.77. The fourth-order valence-electron chi connectivity index (χ4n) is 2.29. The van der Waals surface area contributed by atoms with E-state index in [1.165, 1.54) is 0 Å². The lowest BCUT2D eigenvalue weighted by atomic mass is 9.88. The summed E-state index contributed by atoms with van der Waals surface area (Å²) in [6, 6.07) is 2.03. The summed E-state index contributed by atoms with van der Waals surface area (Å²) in [6.45, 7) is 0. The molecular weight excluding hydrogens is 224 g/mol. The fourth-order valence-corrected chi connectivity index (χ4v) is 2.29. The zero-order valence-electron chi connectivity index (χ0n) is 11.3. The van der Waals surface area contributed by atoms with Gasteiger partial charge in [-0.1, -0.05) is 0 Å². The molecule has 3 nitrogen and oxygen atoms in total. The van der Waals surface area contributed by atoms with Crippen LogP contribution in [0.25, 0.3) is 6.08 Å². The number of carbonyl (C=O) groups excluding carboxylic acids is 1. The Morgan fingerprint density at radius 3 is 2.61 bits per heavy atom. The molecule has 0 aromatic carbocycles. The number of nitrogens with zero attached hydrogens (tertiary/aromatic N) is 2. The highest BCUT2D eigenvalue weighted by Gasteiger charge is 2.20. The molecule has 1 heterocycles. The van der Waals surface area contributed by atoms with Gasteiger partial charge in [0.1, 0.15) is 0 Å². The van der Waals surface area contributed by atoms with Crippen molar-refractivity contribution in [2.45, 2.75) is 19.3 Å². The van der Waals surface area contributed by atoms with E-state index in [0.717, 1.165) is 36.0 Å². The van der Waals surface area contributed by atoms with Crippen LogP contribution in [0.3, 0.4) is 0 Å². The van der Waals surface area contributed by atoms with E-state index in [0.29, 0.717) is 0 Å². The van der Waals surface area contributed by atoms with Crippen molar-refractivity contribution in [3.8, 4) is 0 Å². The molecule has 0 bridgehead atoms. The van der Waals surface area contributed by atoms with E-state index in [4.69, 9.17) is 0 Å². The predicted molar refractivity (Wildman–Crippen MR) is 74.0 cm³/mol. The minimum absolute atomic E-state index is 0.207. The van der Waals surface area contributed by atoms with Crippen LogP contribution in [-0.4, -0.2) is 29.3 Å². The molecule has 2 rings (SSSR count). The van der Waals surface area contributed by atoms with Crippen LogP contribution >= 0.6 is 0 Å². The van der Waals surface area contributed by atoms with Gasteiger partial charge >= 0.3 is 0 Å². The molecule has 96 valence electrons. The number of allylic oxidation sites excluding steroid dienone is 2. The summed E-state index contributed by atoms with van der Waals surface area (Å²) in [5, 5.41) is 0. The number of aromatic nitrogens is 1. The van der Waals surface area contributed by atoms with Crippen molar-refractivity contribution in [2.75, 3.05) is 14.1 Å². The number of aryl methyl sites for hydroxylation is 1. The average molecular weight is 244 g/mol. The van der Waals surface area contributed by atoms with Crippen LogP contribution < -0.4 is 0 Å². The Morgan fingerprint density at radius 2 is 2.00 bits per heavy atom. The van der Waals surface area contributed by atoms with Crippen LogP contribution in [0, 0.1) is 0 Å². The topological polar surface area (TPSA) is 25.2 Å². The van der Waals surface area contributed by atoms with Gasteiger partial charge in [-0.3, -0.25) is 4.79 Å². The van der Waals surface area contributed by atoms with Crippen LogP contribution in [-0.2, 0) is 11.8 Å². The molecule has 1 aromatic heterocycles. The SMILES string of the molecule is CN(C)/C=C1\CCC/C(=C\c2ccn(C)c2)C1=O. The summed E-state index contributed by atoms with van der Waals surface area (Å²) in [5.41, 5.74) is 2.96. The molecule has 0 atom stereocenters. The second kappa shape index (κ2) is 5.25. The van der Waals surface area contributed by atoms with Crippen LogP contribution in [0.5, 0.6) is 0 Å². The summed E-state index contributed by atoms with van der Waals surface area (Å²) in [5.74, 6) is 0.207.